The molecule has 1 aromatic rings. The standard InChI is InChI=1S/C34H46O4/c1-21-12-17-34(36-20-21)22(2)30-29(38-34)19-28-26-11-10-24-18-25(37-31(35)23-8-6-5-7-9-23)13-15-32(24,3)27(26)14-16-33(28,30)4/h5-10,21-22,25-30H,11-20H2,1-4H3/t21-,22-,25+,26+,27-,28-,29-,30-,32+,33+,34+/m1/s1. The van der Waals surface area contributed by atoms with Crippen molar-refractivity contribution in [3.05, 3.63) is 47.5 Å². The highest BCUT2D eigenvalue weighted by Gasteiger charge is 2.68. The molecule has 11 atom stereocenters. The van der Waals surface area contributed by atoms with Gasteiger partial charge in [0.05, 0.1) is 18.3 Å². The molecule has 0 amide bonds. The molecular formula is C34H46O4. The molecule has 0 radical (unpaired) electrons. The third-order valence-corrected chi connectivity index (χ3v) is 12.6. The van der Waals surface area contributed by atoms with Gasteiger partial charge in [-0.1, -0.05) is 57.5 Å². The van der Waals surface area contributed by atoms with Crippen LogP contribution in [0.25, 0.3) is 0 Å². The molecule has 4 nitrogen and oxygen atoms in total. The highest BCUT2D eigenvalue weighted by molar-refractivity contribution is 5.89. The van der Waals surface area contributed by atoms with Crippen LogP contribution < -0.4 is 0 Å². The highest BCUT2D eigenvalue weighted by atomic mass is 16.7. The first-order chi connectivity index (χ1) is 18.2. The SMILES string of the molecule is C[C@@H]1CC[C@]2(OC1)O[C@@H]1C[C@@H]3[C@H]4CC=C5C[C@@H](OC(=O)c6ccccc6)CC[C@]5(C)[C@@H]4CC[C@]3(C)[C@@H]1[C@H]2C. The molecule has 2 saturated heterocycles. The van der Waals surface area contributed by atoms with Crippen LogP contribution in [0.4, 0.5) is 0 Å². The van der Waals surface area contributed by atoms with Gasteiger partial charge >= 0.3 is 5.97 Å². The molecule has 1 aromatic carbocycles. The number of rotatable bonds is 2. The molecule has 2 heterocycles. The van der Waals surface area contributed by atoms with Crippen LogP contribution in [-0.2, 0) is 14.2 Å². The van der Waals surface area contributed by atoms with E-state index < -0.39 is 0 Å². The lowest BCUT2D eigenvalue weighted by atomic mass is 9.47. The lowest BCUT2D eigenvalue weighted by molar-refractivity contribution is -0.272. The fourth-order valence-electron chi connectivity index (χ4n) is 10.5. The second kappa shape index (κ2) is 8.93. The van der Waals surface area contributed by atoms with Gasteiger partial charge in [0.15, 0.2) is 5.79 Å². The Bertz CT molecular complexity index is 1100. The van der Waals surface area contributed by atoms with Gasteiger partial charge in [-0.2, -0.15) is 0 Å². The molecule has 206 valence electrons. The first-order valence-electron chi connectivity index (χ1n) is 15.5. The Morgan fingerprint density at radius 1 is 1.00 bits per heavy atom. The zero-order valence-corrected chi connectivity index (χ0v) is 23.8. The predicted octanol–water partition coefficient (Wildman–Crippen LogP) is 7.58. The monoisotopic (exact) mass is 518 g/mol. The summed E-state index contributed by atoms with van der Waals surface area (Å²) in [5.41, 5.74) is 2.81. The van der Waals surface area contributed by atoms with Crippen molar-refractivity contribution >= 4 is 5.97 Å². The Hall–Kier alpha value is -1.65. The van der Waals surface area contributed by atoms with Crippen molar-refractivity contribution < 1.29 is 19.0 Å². The van der Waals surface area contributed by atoms with Crippen molar-refractivity contribution in [2.75, 3.05) is 6.61 Å². The fraction of sp³-hybridized carbons (Fsp3) is 0.735. The van der Waals surface area contributed by atoms with Gasteiger partial charge in [-0.15, -0.1) is 0 Å². The summed E-state index contributed by atoms with van der Waals surface area (Å²) in [7, 11) is 0. The Morgan fingerprint density at radius 3 is 2.58 bits per heavy atom. The smallest absolute Gasteiger partial charge is 0.338 e. The van der Waals surface area contributed by atoms with Gasteiger partial charge in [-0.25, -0.2) is 4.79 Å². The molecule has 4 aliphatic carbocycles. The molecule has 3 saturated carbocycles. The van der Waals surface area contributed by atoms with Crippen molar-refractivity contribution in [2.45, 2.75) is 103 Å². The van der Waals surface area contributed by atoms with Crippen molar-refractivity contribution in [2.24, 2.45) is 46.3 Å². The van der Waals surface area contributed by atoms with E-state index >= 15 is 0 Å². The zero-order chi connectivity index (χ0) is 26.3. The Kier molecular flexibility index (Phi) is 5.95. The molecule has 6 aliphatic rings. The molecule has 5 fully saturated rings. The molecule has 0 bridgehead atoms. The van der Waals surface area contributed by atoms with Crippen LogP contribution in [0.2, 0.25) is 0 Å². The van der Waals surface area contributed by atoms with E-state index in [1.165, 1.54) is 32.1 Å². The number of hydrogen-bond acceptors (Lipinski definition) is 4. The van der Waals surface area contributed by atoms with E-state index in [1.54, 1.807) is 5.57 Å². The quantitative estimate of drug-likeness (QED) is 0.299. The number of fused-ring (bicyclic) bond motifs is 7. The van der Waals surface area contributed by atoms with Crippen molar-refractivity contribution in [3.8, 4) is 0 Å². The molecule has 0 N–H and O–H groups in total. The summed E-state index contributed by atoms with van der Waals surface area (Å²) in [6.07, 6.45) is 13.3. The van der Waals surface area contributed by atoms with Crippen LogP contribution in [0.1, 0.15) is 95.8 Å². The summed E-state index contributed by atoms with van der Waals surface area (Å²) in [5, 5.41) is 0. The Balaban J connectivity index is 1.08. The third kappa shape index (κ3) is 3.65. The normalized spacial score (nSPS) is 49.4. The van der Waals surface area contributed by atoms with Crippen LogP contribution in [0.15, 0.2) is 42.0 Å². The summed E-state index contributed by atoms with van der Waals surface area (Å²) in [5.74, 6) is 3.46. The van der Waals surface area contributed by atoms with E-state index in [9.17, 15) is 4.79 Å². The predicted molar refractivity (Wildman–Crippen MR) is 147 cm³/mol. The van der Waals surface area contributed by atoms with Gasteiger partial charge < -0.3 is 14.2 Å². The maximum atomic E-state index is 12.7. The number of esters is 1. The molecule has 38 heavy (non-hydrogen) atoms. The van der Waals surface area contributed by atoms with Crippen LogP contribution in [-0.4, -0.2) is 30.6 Å². The minimum Gasteiger partial charge on any atom is -0.458 e. The van der Waals surface area contributed by atoms with E-state index in [-0.39, 0.29) is 23.3 Å². The van der Waals surface area contributed by atoms with Gasteiger partial charge in [0.1, 0.15) is 6.10 Å². The maximum absolute atomic E-state index is 12.7. The Morgan fingerprint density at radius 2 is 1.82 bits per heavy atom. The summed E-state index contributed by atoms with van der Waals surface area (Å²) >= 11 is 0. The minimum atomic E-state index is -0.326. The van der Waals surface area contributed by atoms with E-state index in [0.29, 0.717) is 34.8 Å². The summed E-state index contributed by atoms with van der Waals surface area (Å²) in [6.45, 7) is 10.7. The highest BCUT2D eigenvalue weighted by Crippen LogP contribution is 2.70. The topological polar surface area (TPSA) is 44.8 Å². The van der Waals surface area contributed by atoms with Crippen molar-refractivity contribution in [3.63, 3.8) is 0 Å². The maximum Gasteiger partial charge on any atom is 0.338 e. The summed E-state index contributed by atoms with van der Waals surface area (Å²) < 4.78 is 19.5. The van der Waals surface area contributed by atoms with Crippen LogP contribution in [0.5, 0.6) is 0 Å². The van der Waals surface area contributed by atoms with Gasteiger partial charge in [0.25, 0.3) is 0 Å². The number of benzene rings is 1. The van der Waals surface area contributed by atoms with E-state index in [0.717, 1.165) is 50.0 Å². The first kappa shape index (κ1) is 25.3. The number of carbonyl (C=O) groups is 1. The zero-order valence-electron chi connectivity index (χ0n) is 23.8. The summed E-state index contributed by atoms with van der Waals surface area (Å²) in [6, 6.07) is 9.45. The van der Waals surface area contributed by atoms with Crippen molar-refractivity contribution in [1.82, 2.24) is 0 Å². The fourth-order valence-corrected chi connectivity index (χ4v) is 10.5. The van der Waals surface area contributed by atoms with Gasteiger partial charge in [-0.05, 0) is 97.5 Å². The molecular weight excluding hydrogens is 472 g/mol. The van der Waals surface area contributed by atoms with Gasteiger partial charge in [0.2, 0.25) is 0 Å². The Labute approximate surface area is 228 Å². The minimum absolute atomic E-state index is 0.00178. The third-order valence-electron chi connectivity index (χ3n) is 12.6. The molecule has 7 rings (SSSR count). The van der Waals surface area contributed by atoms with Crippen LogP contribution in [0.3, 0.4) is 0 Å². The largest absolute Gasteiger partial charge is 0.458 e. The number of carbonyl (C=O) groups excluding carboxylic acids is 1. The van der Waals surface area contributed by atoms with E-state index in [2.05, 4.69) is 33.8 Å². The average molecular weight is 519 g/mol. The molecule has 4 heteroatoms. The first-order valence-corrected chi connectivity index (χ1v) is 15.5. The van der Waals surface area contributed by atoms with Crippen LogP contribution >= 0.6 is 0 Å². The van der Waals surface area contributed by atoms with Crippen LogP contribution in [0, 0.1) is 46.3 Å². The summed E-state index contributed by atoms with van der Waals surface area (Å²) in [4.78, 5) is 12.7. The lowest BCUT2D eigenvalue weighted by Crippen LogP contribution is -2.52. The number of ether oxygens (including phenoxy) is 3. The number of hydrogen-bond donors (Lipinski definition) is 0. The second-order valence-corrected chi connectivity index (χ2v) is 14.4. The lowest BCUT2D eigenvalue weighted by Gasteiger charge is -2.58. The molecule has 0 unspecified atom stereocenters. The number of allylic oxidation sites excluding steroid dienone is 1. The van der Waals surface area contributed by atoms with Gasteiger partial charge in [0, 0.05) is 18.8 Å². The van der Waals surface area contributed by atoms with E-state index in [4.69, 9.17) is 14.2 Å². The average Bonchev–Trinajstić information content (AvgIpc) is 3.36. The van der Waals surface area contributed by atoms with Crippen molar-refractivity contribution in [1.29, 1.82) is 0 Å². The molecule has 0 aromatic heterocycles. The molecule has 2 aliphatic heterocycles. The molecule has 1 spiro atoms. The van der Waals surface area contributed by atoms with E-state index in [1.807, 2.05) is 30.3 Å². The van der Waals surface area contributed by atoms with Gasteiger partial charge in [-0.3, -0.25) is 0 Å². The second-order valence-electron chi connectivity index (χ2n) is 14.4.